The lowest BCUT2D eigenvalue weighted by Gasteiger charge is -2.02. The molecule has 0 spiro atoms. The standard InChI is InChI=1S/C18H18FN3O3/c1-11-8-15(22-25-11)6-7-20-17(23)10-16-12(2)24-18(21-16)13-4-3-5-14(19)9-13/h3-5,8-9H,6-7,10H2,1-2H3,(H,20,23). The van der Waals surface area contributed by atoms with Gasteiger partial charge in [0.1, 0.15) is 17.3 Å². The predicted molar refractivity (Wildman–Crippen MR) is 88.3 cm³/mol. The number of carbonyl (C=O) groups excluding carboxylic acids is 1. The molecule has 1 aromatic carbocycles. The van der Waals surface area contributed by atoms with Gasteiger partial charge in [0.15, 0.2) is 0 Å². The lowest BCUT2D eigenvalue weighted by molar-refractivity contribution is -0.120. The van der Waals surface area contributed by atoms with E-state index < -0.39 is 0 Å². The molecule has 0 saturated heterocycles. The highest BCUT2D eigenvalue weighted by Crippen LogP contribution is 2.22. The van der Waals surface area contributed by atoms with Crippen LogP contribution in [0.4, 0.5) is 4.39 Å². The number of benzene rings is 1. The molecular weight excluding hydrogens is 325 g/mol. The number of halogens is 1. The molecule has 0 aliphatic rings. The zero-order chi connectivity index (χ0) is 17.8. The number of aryl methyl sites for hydroxylation is 2. The van der Waals surface area contributed by atoms with Crippen LogP contribution in [0.15, 0.2) is 39.3 Å². The van der Waals surface area contributed by atoms with Crippen LogP contribution in [0.2, 0.25) is 0 Å². The summed E-state index contributed by atoms with van der Waals surface area (Å²) in [6.45, 7) is 4.01. The minimum absolute atomic E-state index is 0.0997. The van der Waals surface area contributed by atoms with Crippen LogP contribution in [0.1, 0.15) is 22.9 Å². The molecule has 3 rings (SSSR count). The number of rotatable bonds is 6. The van der Waals surface area contributed by atoms with E-state index in [1.54, 1.807) is 19.1 Å². The van der Waals surface area contributed by atoms with Gasteiger partial charge in [-0.3, -0.25) is 4.79 Å². The van der Waals surface area contributed by atoms with E-state index in [-0.39, 0.29) is 18.1 Å². The van der Waals surface area contributed by atoms with Crippen molar-refractivity contribution in [2.75, 3.05) is 6.54 Å². The van der Waals surface area contributed by atoms with Crippen molar-refractivity contribution >= 4 is 5.91 Å². The summed E-state index contributed by atoms with van der Waals surface area (Å²) in [4.78, 5) is 16.4. The van der Waals surface area contributed by atoms with Crippen molar-refractivity contribution in [3.05, 3.63) is 59.1 Å². The highest BCUT2D eigenvalue weighted by atomic mass is 19.1. The fourth-order valence-electron chi connectivity index (χ4n) is 2.42. The van der Waals surface area contributed by atoms with E-state index in [4.69, 9.17) is 8.94 Å². The molecule has 0 aliphatic heterocycles. The maximum Gasteiger partial charge on any atom is 0.226 e. The van der Waals surface area contributed by atoms with Crippen LogP contribution in [0.3, 0.4) is 0 Å². The number of oxazole rings is 1. The zero-order valence-corrected chi connectivity index (χ0v) is 14.0. The van der Waals surface area contributed by atoms with Crippen LogP contribution in [-0.2, 0) is 17.6 Å². The van der Waals surface area contributed by atoms with Crippen LogP contribution < -0.4 is 5.32 Å². The molecule has 0 atom stereocenters. The van der Waals surface area contributed by atoms with Crippen LogP contribution in [0.5, 0.6) is 0 Å². The van der Waals surface area contributed by atoms with E-state index in [0.717, 1.165) is 11.5 Å². The second kappa shape index (κ2) is 7.29. The van der Waals surface area contributed by atoms with Crippen LogP contribution in [-0.4, -0.2) is 22.6 Å². The molecule has 130 valence electrons. The number of nitrogens with zero attached hydrogens (tertiary/aromatic N) is 2. The molecule has 0 unspecified atom stereocenters. The van der Waals surface area contributed by atoms with Gasteiger partial charge in [-0.1, -0.05) is 11.2 Å². The Labute approximate surface area is 144 Å². The monoisotopic (exact) mass is 343 g/mol. The average Bonchev–Trinajstić information content (AvgIpc) is 3.14. The summed E-state index contributed by atoms with van der Waals surface area (Å²) in [6.07, 6.45) is 0.692. The number of carbonyl (C=O) groups is 1. The van der Waals surface area contributed by atoms with E-state index in [1.807, 2.05) is 13.0 Å². The third-order valence-electron chi connectivity index (χ3n) is 3.67. The number of nitrogens with one attached hydrogen (secondary N) is 1. The molecule has 2 heterocycles. The fourth-order valence-corrected chi connectivity index (χ4v) is 2.42. The second-order valence-corrected chi connectivity index (χ2v) is 5.74. The molecule has 0 saturated carbocycles. The molecule has 0 bridgehead atoms. The topological polar surface area (TPSA) is 81.2 Å². The predicted octanol–water partition coefficient (Wildman–Crippen LogP) is 2.99. The molecule has 0 radical (unpaired) electrons. The summed E-state index contributed by atoms with van der Waals surface area (Å²) in [5.74, 6) is 1.06. The summed E-state index contributed by atoms with van der Waals surface area (Å²) in [7, 11) is 0. The normalized spacial score (nSPS) is 10.8. The van der Waals surface area contributed by atoms with Gasteiger partial charge in [-0.05, 0) is 32.0 Å². The molecular formula is C18H18FN3O3. The summed E-state index contributed by atoms with van der Waals surface area (Å²) in [5.41, 5.74) is 1.87. The lowest BCUT2D eigenvalue weighted by Crippen LogP contribution is -2.27. The van der Waals surface area contributed by atoms with Crippen molar-refractivity contribution < 1.29 is 18.1 Å². The van der Waals surface area contributed by atoms with Crippen molar-refractivity contribution in [3.63, 3.8) is 0 Å². The molecule has 0 aliphatic carbocycles. The van der Waals surface area contributed by atoms with E-state index in [0.29, 0.717) is 35.9 Å². The Kier molecular flexibility index (Phi) is 4.92. The Balaban J connectivity index is 1.58. The third kappa shape index (κ3) is 4.32. The molecule has 1 amide bonds. The van der Waals surface area contributed by atoms with Gasteiger partial charge >= 0.3 is 0 Å². The van der Waals surface area contributed by atoms with Gasteiger partial charge in [-0.2, -0.15) is 0 Å². The Morgan fingerprint density at radius 3 is 2.84 bits per heavy atom. The molecule has 6 nitrogen and oxygen atoms in total. The Morgan fingerprint density at radius 1 is 1.28 bits per heavy atom. The first-order valence-corrected chi connectivity index (χ1v) is 7.92. The second-order valence-electron chi connectivity index (χ2n) is 5.74. The van der Waals surface area contributed by atoms with Gasteiger partial charge in [0.05, 0.1) is 17.8 Å². The quantitative estimate of drug-likeness (QED) is 0.744. The van der Waals surface area contributed by atoms with Crippen LogP contribution in [0, 0.1) is 19.7 Å². The first-order chi connectivity index (χ1) is 12.0. The van der Waals surface area contributed by atoms with E-state index in [1.165, 1.54) is 12.1 Å². The highest BCUT2D eigenvalue weighted by Gasteiger charge is 2.15. The summed E-state index contributed by atoms with van der Waals surface area (Å²) in [5, 5.41) is 6.68. The molecule has 0 fully saturated rings. The van der Waals surface area contributed by atoms with Crippen molar-refractivity contribution in [2.45, 2.75) is 26.7 Å². The molecule has 7 heteroatoms. The molecule has 25 heavy (non-hydrogen) atoms. The molecule has 3 aromatic rings. The van der Waals surface area contributed by atoms with Crippen LogP contribution in [0.25, 0.3) is 11.5 Å². The van der Waals surface area contributed by atoms with Gasteiger partial charge in [0, 0.05) is 24.6 Å². The minimum atomic E-state index is -0.365. The highest BCUT2D eigenvalue weighted by molar-refractivity contribution is 5.78. The number of hydrogen-bond acceptors (Lipinski definition) is 5. The Morgan fingerprint density at radius 2 is 2.12 bits per heavy atom. The van der Waals surface area contributed by atoms with Crippen molar-refractivity contribution in [1.29, 1.82) is 0 Å². The van der Waals surface area contributed by atoms with Gasteiger partial charge in [-0.25, -0.2) is 9.37 Å². The maximum atomic E-state index is 13.3. The summed E-state index contributed by atoms with van der Waals surface area (Å²) in [6, 6.07) is 7.82. The Bertz CT molecular complexity index is 885. The van der Waals surface area contributed by atoms with Crippen molar-refractivity contribution in [2.24, 2.45) is 0 Å². The maximum absolute atomic E-state index is 13.3. The first kappa shape index (κ1) is 16.9. The SMILES string of the molecule is Cc1cc(CCNC(=O)Cc2nc(-c3cccc(F)c3)oc2C)no1. The summed E-state index contributed by atoms with van der Waals surface area (Å²) < 4.78 is 23.8. The third-order valence-corrected chi connectivity index (χ3v) is 3.67. The largest absolute Gasteiger partial charge is 0.441 e. The fraction of sp³-hybridized carbons (Fsp3) is 0.278. The smallest absolute Gasteiger partial charge is 0.226 e. The lowest BCUT2D eigenvalue weighted by atomic mass is 10.2. The van der Waals surface area contributed by atoms with Gasteiger partial charge in [0.2, 0.25) is 11.8 Å². The minimum Gasteiger partial charge on any atom is -0.441 e. The summed E-state index contributed by atoms with van der Waals surface area (Å²) >= 11 is 0. The Hall–Kier alpha value is -2.96. The van der Waals surface area contributed by atoms with Gasteiger partial charge in [0.25, 0.3) is 0 Å². The van der Waals surface area contributed by atoms with E-state index in [2.05, 4.69) is 15.5 Å². The zero-order valence-electron chi connectivity index (χ0n) is 14.0. The number of hydrogen-bond donors (Lipinski definition) is 1. The number of amides is 1. The van der Waals surface area contributed by atoms with E-state index >= 15 is 0 Å². The van der Waals surface area contributed by atoms with Gasteiger partial charge < -0.3 is 14.3 Å². The van der Waals surface area contributed by atoms with Crippen molar-refractivity contribution in [1.82, 2.24) is 15.5 Å². The number of aromatic nitrogens is 2. The van der Waals surface area contributed by atoms with E-state index in [9.17, 15) is 9.18 Å². The average molecular weight is 343 g/mol. The van der Waals surface area contributed by atoms with Gasteiger partial charge in [-0.15, -0.1) is 0 Å². The molecule has 2 aromatic heterocycles. The molecule has 1 N–H and O–H groups in total. The van der Waals surface area contributed by atoms with Crippen molar-refractivity contribution in [3.8, 4) is 11.5 Å². The first-order valence-electron chi connectivity index (χ1n) is 7.92. The van der Waals surface area contributed by atoms with Crippen LogP contribution >= 0.6 is 0 Å².